The maximum Gasteiger partial charge on any atom is 0.0618 e. The van der Waals surface area contributed by atoms with Gasteiger partial charge in [-0.2, -0.15) is 0 Å². The third-order valence-electron chi connectivity index (χ3n) is 2.43. The van der Waals surface area contributed by atoms with Crippen LogP contribution >= 0.6 is 35.0 Å². The van der Waals surface area contributed by atoms with E-state index in [1.807, 2.05) is 13.0 Å². The first kappa shape index (κ1) is 16.1. The highest BCUT2D eigenvalue weighted by molar-refractivity contribution is 7.99. The molecule has 1 rings (SSSR count). The van der Waals surface area contributed by atoms with Crippen LogP contribution in [0.2, 0.25) is 10.0 Å². The molecule has 1 aromatic carbocycles. The summed E-state index contributed by atoms with van der Waals surface area (Å²) in [7, 11) is 0. The molecule has 2 nitrogen and oxygen atoms in total. The molecule has 102 valence electrons. The Balaban J connectivity index is 2.70. The van der Waals surface area contributed by atoms with Gasteiger partial charge in [0, 0.05) is 27.3 Å². The molecule has 0 saturated heterocycles. The van der Waals surface area contributed by atoms with E-state index in [1.165, 1.54) is 0 Å². The SMILES string of the molecule is CC(C)NC(C)(CO)CSc1cc(Cl)ccc1Cl. The lowest BCUT2D eigenvalue weighted by atomic mass is 10.1. The first-order valence-corrected chi connectivity index (χ1v) is 7.57. The first-order valence-electron chi connectivity index (χ1n) is 5.83. The Kier molecular flexibility index (Phi) is 6.28. The minimum absolute atomic E-state index is 0.0797. The topological polar surface area (TPSA) is 32.3 Å². The van der Waals surface area contributed by atoms with Crippen LogP contribution in [0.15, 0.2) is 23.1 Å². The molecule has 0 spiro atoms. The van der Waals surface area contributed by atoms with E-state index in [2.05, 4.69) is 19.2 Å². The second kappa shape index (κ2) is 7.01. The Morgan fingerprint density at radius 2 is 2.06 bits per heavy atom. The molecule has 1 unspecified atom stereocenters. The summed E-state index contributed by atoms with van der Waals surface area (Å²) < 4.78 is 0. The van der Waals surface area contributed by atoms with E-state index in [4.69, 9.17) is 23.2 Å². The van der Waals surface area contributed by atoms with Gasteiger partial charge in [-0.1, -0.05) is 37.0 Å². The van der Waals surface area contributed by atoms with E-state index in [0.717, 1.165) is 10.6 Å². The highest BCUT2D eigenvalue weighted by atomic mass is 35.5. The monoisotopic (exact) mass is 307 g/mol. The lowest BCUT2D eigenvalue weighted by molar-refractivity contribution is 0.183. The molecule has 1 atom stereocenters. The fourth-order valence-electron chi connectivity index (χ4n) is 1.65. The number of hydrogen-bond acceptors (Lipinski definition) is 3. The van der Waals surface area contributed by atoms with E-state index >= 15 is 0 Å². The van der Waals surface area contributed by atoms with Crippen LogP contribution in [0.4, 0.5) is 0 Å². The lowest BCUT2D eigenvalue weighted by Crippen LogP contribution is -2.51. The molecule has 0 saturated carbocycles. The van der Waals surface area contributed by atoms with Gasteiger partial charge in [-0.05, 0) is 25.1 Å². The number of thioether (sulfide) groups is 1. The van der Waals surface area contributed by atoms with Crippen molar-refractivity contribution in [3.63, 3.8) is 0 Å². The van der Waals surface area contributed by atoms with Gasteiger partial charge in [0.15, 0.2) is 0 Å². The summed E-state index contributed by atoms with van der Waals surface area (Å²) in [5.41, 5.74) is -0.329. The molecule has 18 heavy (non-hydrogen) atoms. The number of benzene rings is 1. The molecule has 0 fully saturated rings. The smallest absolute Gasteiger partial charge is 0.0618 e. The van der Waals surface area contributed by atoms with Crippen LogP contribution in [0.5, 0.6) is 0 Å². The summed E-state index contributed by atoms with van der Waals surface area (Å²) in [6.45, 7) is 6.20. The molecule has 5 heteroatoms. The maximum absolute atomic E-state index is 9.50. The molecule has 0 aliphatic carbocycles. The van der Waals surface area contributed by atoms with Crippen molar-refractivity contribution in [2.24, 2.45) is 0 Å². The zero-order chi connectivity index (χ0) is 13.8. The molecule has 0 heterocycles. The molecule has 0 aliphatic rings. The molecule has 0 bridgehead atoms. The van der Waals surface area contributed by atoms with E-state index in [-0.39, 0.29) is 12.1 Å². The van der Waals surface area contributed by atoms with Crippen LogP contribution in [0, 0.1) is 0 Å². The summed E-state index contributed by atoms with van der Waals surface area (Å²) in [6.07, 6.45) is 0. The first-order chi connectivity index (χ1) is 8.36. The van der Waals surface area contributed by atoms with Crippen LogP contribution in [-0.2, 0) is 0 Å². The van der Waals surface area contributed by atoms with Crippen molar-refractivity contribution >= 4 is 35.0 Å². The zero-order valence-electron chi connectivity index (χ0n) is 10.8. The van der Waals surface area contributed by atoms with Gasteiger partial charge < -0.3 is 10.4 Å². The van der Waals surface area contributed by atoms with E-state index in [9.17, 15) is 5.11 Å². The second-order valence-corrected chi connectivity index (χ2v) is 6.74. The van der Waals surface area contributed by atoms with Crippen molar-refractivity contribution in [2.75, 3.05) is 12.4 Å². The fraction of sp³-hybridized carbons (Fsp3) is 0.538. The van der Waals surface area contributed by atoms with Gasteiger partial charge in [0.1, 0.15) is 0 Å². The number of nitrogens with one attached hydrogen (secondary N) is 1. The molecular formula is C13H19Cl2NOS. The molecular weight excluding hydrogens is 289 g/mol. The maximum atomic E-state index is 9.50. The fourth-order valence-corrected chi connectivity index (χ4v) is 3.24. The van der Waals surface area contributed by atoms with Crippen LogP contribution in [0.25, 0.3) is 0 Å². The van der Waals surface area contributed by atoms with E-state index in [0.29, 0.717) is 16.1 Å². The summed E-state index contributed by atoms with van der Waals surface area (Å²) >= 11 is 13.7. The number of aliphatic hydroxyl groups is 1. The van der Waals surface area contributed by atoms with Gasteiger partial charge in [0.05, 0.1) is 11.6 Å². The Labute approximate surface area is 123 Å². The number of rotatable bonds is 6. The molecule has 1 aromatic rings. The lowest BCUT2D eigenvalue weighted by Gasteiger charge is -2.30. The minimum Gasteiger partial charge on any atom is -0.394 e. The van der Waals surface area contributed by atoms with Gasteiger partial charge >= 0.3 is 0 Å². The van der Waals surface area contributed by atoms with Crippen LogP contribution in [0.1, 0.15) is 20.8 Å². The van der Waals surface area contributed by atoms with E-state index in [1.54, 1.807) is 23.9 Å². The predicted molar refractivity (Wildman–Crippen MR) is 80.9 cm³/mol. The largest absolute Gasteiger partial charge is 0.394 e. The van der Waals surface area contributed by atoms with Gasteiger partial charge in [-0.25, -0.2) is 0 Å². The van der Waals surface area contributed by atoms with Crippen molar-refractivity contribution < 1.29 is 5.11 Å². The molecule has 0 aromatic heterocycles. The van der Waals surface area contributed by atoms with Crippen LogP contribution in [-0.4, -0.2) is 29.0 Å². The molecule has 0 amide bonds. The minimum atomic E-state index is -0.329. The average molecular weight is 308 g/mol. The molecule has 2 N–H and O–H groups in total. The zero-order valence-corrected chi connectivity index (χ0v) is 13.2. The normalized spacial score (nSPS) is 14.8. The Morgan fingerprint density at radius 1 is 1.39 bits per heavy atom. The van der Waals surface area contributed by atoms with Crippen molar-refractivity contribution in [3.8, 4) is 0 Å². The summed E-state index contributed by atoms with van der Waals surface area (Å²) in [4.78, 5) is 0.939. The highest BCUT2D eigenvalue weighted by Gasteiger charge is 2.24. The molecule has 0 aliphatic heterocycles. The van der Waals surface area contributed by atoms with Crippen LogP contribution < -0.4 is 5.32 Å². The quantitative estimate of drug-likeness (QED) is 0.783. The van der Waals surface area contributed by atoms with Gasteiger partial charge in [-0.3, -0.25) is 0 Å². The Morgan fingerprint density at radius 3 is 2.61 bits per heavy atom. The third-order valence-corrected chi connectivity index (χ3v) is 4.53. The summed E-state index contributed by atoms with van der Waals surface area (Å²) in [6, 6.07) is 5.73. The van der Waals surface area contributed by atoms with Crippen molar-refractivity contribution in [1.29, 1.82) is 0 Å². The van der Waals surface area contributed by atoms with Crippen LogP contribution in [0.3, 0.4) is 0 Å². The second-order valence-electron chi connectivity index (χ2n) is 4.88. The number of halogens is 2. The number of hydrogen-bond donors (Lipinski definition) is 2. The standard InChI is InChI=1S/C13H19Cl2NOS/c1-9(2)16-13(3,7-17)8-18-12-6-10(14)4-5-11(12)15/h4-6,9,16-17H,7-8H2,1-3H3. The highest BCUT2D eigenvalue weighted by Crippen LogP contribution is 2.31. The third kappa shape index (κ3) is 4.98. The predicted octanol–water partition coefficient (Wildman–Crippen LogP) is 3.83. The Hall–Kier alpha value is 0.0700. The average Bonchev–Trinajstić information content (AvgIpc) is 2.29. The van der Waals surface area contributed by atoms with E-state index < -0.39 is 0 Å². The molecule has 0 radical (unpaired) electrons. The van der Waals surface area contributed by atoms with Crippen molar-refractivity contribution in [3.05, 3.63) is 28.2 Å². The van der Waals surface area contributed by atoms with Crippen molar-refractivity contribution in [1.82, 2.24) is 5.32 Å². The number of aliphatic hydroxyl groups excluding tert-OH is 1. The van der Waals surface area contributed by atoms with Crippen molar-refractivity contribution in [2.45, 2.75) is 37.2 Å². The summed E-state index contributed by atoms with van der Waals surface area (Å²) in [5, 5.41) is 14.2. The van der Waals surface area contributed by atoms with Gasteiger partial charge in [0.25, 0.3) is 0 Å². The van der Waals surface area contributed by atoms with Gasteiger partial charge in [0.2, 0.25) is 0 Å². The summed E-state index contributed by atoms with van der Waals surface area (Å²) in [5.74, 6) is 0.724. The van der Waals surface area contributed by atoms with Gasteiger partial charge in [-0.15, -0.1) is 11.8 Å². The Bertz CT molecular complexity index is 401.